The van der Waals surface area contributed by atoms with Gasteiger partial charge < -0.3 is 10.1 Å². The summed E-state index contributed by atoms with van der Waals surface area (Å²) >= 11 is 0. The Bertz CT molecular complexity index is 1000. The van der Waals surface area contributed by atoms with Gasteiger partial charge in [-0.05, 0) is 38.5 Å². The molecule has 0 aliphatic carbocycles. The zero-order valence-electron chi connectivity index (χ0n) is 15.5. The molecule has 0 atom stereocenters. The summed E-state index contributed by atoms with van der Waals surface area (Å²) in [6.45, 7) is 9.08. The fraction of sp³-hybridized carbons (Fsp3) is 0.250. The van der Waals surface area contributed by atoms with Crippen LogP contribution in [0.15, 0.2) is 43.4 Å². The summed E-state index contributed by atoms with van der Waals surface area (Å²) < 4.78 is 21.4. The van der Waals surface area contributed by atoms with Gasteiger partial charge in [0.05, 0.1) is 11.2 Å². The fourth-order valence-electron chi connectivity index (χ4n) is 2.60. The van der Waals surface area contributed by atoms with E-state index in [1.165, 1.54) is 12.4 Å². The molecule has 3 aromatic rings. The number of aromatic nitrogens is 3. The van der Waals surface area contributed by atoms with Crippen molar-refractivity contribution in [3.05, 3.63) is 60.3 Å². The SMILES string of the molecule is C=Cc1cc2c(-c3ccc(CNC(=O)OC(C)(C)C)c(F)c3)ncnn2c1. The number of hydrogen-bond donors (Lipinski definition) is 1. The highest BCUT2D eigenvalue weighted by Crippen LogP contribution is 2.25. The van der Waals surface area contributed by atoms with Crippen LogP contribution >= 0.6 is 0 Å². The van der Waals surface area contributed by atoms with Crippen molar-refractivity contribution in [3.63, 3.8) is 0 Å². The van der Waals surface area contributed by atoms with E-state index in [1.807, 2.05) is 12.3 Å². The molecule has 1 aromatic carbocycles. The summed E-state index contributed by atoms with van der Waals surface area (Å²) in [4.78, 5) is 16.0. The fourth-order valence-corrected chi connectivity index (χ4v) is 2.60. The topological polar surface area (TPSA) is 68.5 Å². The second kappa shape index (κ2) is 7.19. The van der Waals surface area contributed by atoms with Crippen molar-refractivity contribution in [2.75, 3.05) is 0 Å². The van der Waals surface area contributed by atoms with Crippen molar-refractivity contribution >= 4 is 17.7 Å². The monoisotopic (exact) mass is 368 g/mol. The normalized spacial score (nSPS) is 11.4. The highest BCUT2D eigenvalue weighted by atomic mass is 19.1. The van der Waals surface area contributed by atoms with E-state index in [0.717, 1.165) is 11.1 Å². The van der Waals surface area contributed by atoms with E-state index < -0.39 is 17.5 Å². The van der Waals surface area contributed by atoms with E-state index >= 15 is 0 Å². The lowest BCUT2D eigenvalue weighted by Crippen LogP contribution is -2.32. The maximum atomic E-state index is 14.5. The van der Waals surface area contributed by atoms with Gasteiger partial charge in [0.15, 0.2) is 0 Å². The lowest BCUT2D eigenvalue weighted by Gasteiger charge is -2.19. The molecule has 0 unspecified atom stereocenters. The highest BCUT2D eigenvalue weighted by molar-refractivity contribution is 5.78. The largest absolute Gasteiger partial charge is 0.444 e. The number of carbonyl (C=O) groups excluding carboxylic acids is 1. The molecule has 7 heteroatoms. The lowest BCUT2D eigenvalue weighted by atomic mass is 10.1. The van der Waals surface area contributed by atoms with Crippen LogP contribution < -0.4 is 5.32 Å². The summed E-state index contributed by atoms with van der Waals surface area (Å²) in [5, 5.41) is 6.71. The molecule has 27 heavy (non-hydrogen) atoms. The van der Waals surface area contributed by atoms with Crippen molar-refractivity contribution in [1.82, 2.24) is 19.9 Å². The molecule has 0 spiro atoms. The number of nitrogens with zero attached hydrogens (tertiary/aromatic N) is 3. The summed E-state index contributed by atoms with van der Waals surface area (Å²) in [5.74, 6) is -0.434. The molecule has 0 bridgehead atoms. The average Bonchev–Trinajstić information content (AvgIpc) is 3.02. The number of carbonyl (C=O) groups is 1. The zero-order valence-corrected chi connectivity index (χ0v) is 15.5. The molecule has 3 rings (SSSR count). The predicted molar refractivity (Wildman–Crippen MR) is 102 cm³/mol. The third-order valence-corrected chi connectivity index (χ3v) is 3.81. The molecular formula is C20H21FN4O2. The van der Waals surface area contributed by atoms with Crippen molar-refractivity contribution in [2.45, 2.75) is 32.9 Å². The van der Waals surface area contributed by atoms with E-state index in [0.29, 0.717) is 16.8 Å². The quantitative estimate of drug-likeness (QED) is 0.749. The number of hydrogen-bond acceptors (Lipinski definition) is 4. The zero-order chi connectivity index (χ0) is 19.6. The van der Waals surface area contributed by atoms with Crippen LogP contribution in [0.3, 0.4) is 0 Å². The standard InChI is InChI=1S/C20H21FN4O2/c1-5-13-8-17-18(23-12-24-25(17)11-13)14-6-7-15(16(21)9-14)10-22-19(26)27-20(2,3)4/h5-9,11-12H,1,10H2,2-4H3,(H,22,26). The Morgan fingerprint density at radius 3 is 2.81 bits per heavy atom. The molecule has 6 nitrogen and oxygen atoms in total. The van der Waals surface area contributed by atoms with Gasteiger partial charge in [0, 0.05) is 23.9 Å². The molecule has 0 saturated carbocycles. The molecule has 0 radical (unpaired) electrons. The lowest BCUT2D eigenvalue weighted by molar-refractivity contribution is 0.0523. The maximum Gasteiger partial charge on any atom is 0.407 e. The molecule has 0 aliphatic rings. The van der Waals surface area contributed by atoms with E-state index in [9.17, 15) is 9.18 Å². The molecule has 1 N–H and O–H groups in total. The summed E-state index contributed by atoms with van der Waals surface area (Å²) in [7, 11) is 0. The second-order valence-electron chi connectivity index (χ2n) is 7.08. The Morgan fingerprint density at radius 2 is 2.15 bits per heavy atom. The van der Waals surface area contributed by atoms with Gasteiger partial charge in [-0.15, -0.1) is 0 Å². The molecule has 0 saturated heterocycles. The van der Waals surface area contributed by atoms with Crippen LogP contribution in [0.1, 0.15) is 31.9 Å². The van der Waals surface area contributed by atoms with Gasteiger partial charge in [-0.2, -0.15) is 5.10 Å². The molecule has 140 valence electrons. The van der Waals surface area contributed by atoms with Crippen LogP contribution in [0.4, 0.5) is 9.18 Å². The number of halogens is 1. The Morgan fingerprint density at radius 1 is 1.37 bits per heavy atom. The Hall–Kier alpha value is -3.22. The van der Waals surface area contributed by atoms with Gasteiger partial charge in [-0.3, -0.25) is 0 Å². The van der Waals surface area contributed by atoms with Crippen LogP contribution in [-0.2, 0) is 11.3 Å². The van der Waals surface area contributed by atoms with Crippen molar-refractivity contribution in [3.8, 4) is 11.3 Å². The summed E-state index contributed by atoms with van der Waals surface area (Å²) in [6, 6.07) is 6.67. The first-order chi connectivity index (χ1) is 12.8. The predicted octanol–water partition coefficient (Wildman–Crippen LogP) is 4.20. The number of nitrogens with one attached hydrogen (secondary N) is 1. The van der Waals surface area contributed by atoms with Gasteiger partial charge in [-0.25, -0.2) is 18.7 Å². The molecular weight excluding hydrogens is 347 g/mol. The molecule has 0 fully saturated rings. The number of fused-ring (bicyclic) bond motifs is 1. The van der Waals surface area contributed by atoms with Crippen LogP contribution in [-0.4, -0.2) is 26.3 Å². The smallest absolute Gasteiger partial charge is 0.407 e. The Kier molecular flexibility index (Phi) is 4.94. The maximum absolute atomic E-state index is 14.5. The first-order valence-corrected chi connectivity index (χ1v) is 8.48. The van der Waals surface area contributed by atoms with Crippen LogP contribution in [0.2, 0.25) is 0 Å². The van der Waals surface area contributed by atoms with E-state index in [4.69, 9.17) is 4.74 Å². The molecule has 0 aliphatic heterocycles. The first kappa shape index (κ1) is 18.6. The highest BCUT2D eigenvalue weighted by Gasteiger charge is 2.16. The van der Waals surface area contributed by atoms with Gasteiger partial charge in [0.1, 0.15) is 17.7 Å². The van der Waals surface area contributed by atoms with E-state index in [-0.39, 0.29) is 6.54 Å². The third kappa shape index (κ3) is 4.31. The number of benzene rings is 1. The average molecular weight is 368 g/mol. The summed E-state index contributed by atoms with van der Waals surface area (Å²) in [6.07, 6.45) is 4.37. The van der Waals surface area contributed by atoms with Crippen molar-refractivity contribution in [2.24, 2.45) is 0 Å². The minimum atomic E-state index is -0.605. The number of amides is 1. The van der Waals surface area contributed by atoms with Gasteiger partial charge in [0.2, 0.25) is 0 Å². The van der Waals surface area contributed by atoms with Crippen molar-refractivity contribution in [1.29, 1.82) is 0 Å². The Balaban J connectivity index is 1.82. The first-order valence-electron chi connectivity index (χ1n) is 8.48. The minimum absolute atomic E-state index is 0.0337. The molecule has 2 aromatic heterocycles. The van der Waals surface area contributed by atoms with E-state index in [2.05, 4.69) is 22.0 Å². The number of ether oxygens (including phenoxy) is 1. The summed E-state index contributed by atoms with van der Waals surface area (Å²) in [5.41, 5.74) is 2.64. The van der Waals surface area contributed by atoms with Gasteiger partial charge in [0.25, 0.3) is 0 Å². The van der Waals surface area contributed by atoms with E-state index in [1.54, 1.807) is 43.5 Å². The van der Waals surface area contributed by atoms with Gasteiger partial charge in [-0.1, -0.05) is 24.8 Å². The Labute approximate surface area is 156 Å². The van der Waals surface area contributed by atoms with Crippen LogP contribution in [0, 0.1) is 5.82 Å². The minimum Gasteiger partial charge on any atom is -0.444 e. The molecule has 2 heterocycles. The van der Waals surface area contributed by atoms with Crippen LogP contribution in [0.5, 0.6) is 0 Å². The number of alkyl carbamates (subject to hydrolysis) is 1. The van der Waals surface area contributed by atoms with Crippen molar-refractivity contribution < 1.29 is 13.9 Å². The van der Waals surface area contributed by atoms with Gasteiger partial charge >= 0.3 is 6.09 Å². The molecule has 1 amide bonds. The second-order valence-corrected chi connectivity index (χ2v) is 7.08. The van der Waals surface area contributed by atoms with Crippen LogP contribution in [0.25, 0.3) is 22.9 Å². The number of rotatable bonds is 4. The third-order valence-electron chi connectivity index (χ3n) is 3.81.